The van der Waals surface area contributed by atoms with Gasteiger partial charge in [0.25, 0.3) is 0 Å². The first-order valence-electron chi connectivity index (χ1n) is 9.63. The Morgan fingerprint density at radius 2 is 1.59 bits per heavy atom. The molecular formula is C21H26FN3O3S. The molecule has 2 aromatic carbocycles. The van der Waals surface area contributed by atoms with Crippen LogP contribution in [0.15, 0.2) is 48.5 Å². The number of hydrogen-bond acceptors (Lipinski definition) is 4. The van der Waals surface area contributed by atoms with Crippen molar-refractivity contribution in [3.05, 3.63) is 59.9 Å². The van der Waals surface area contributed by atoms with Gasteiger partial charge >= 0.3 is 0 Å². The minimum Gasteiger partial charge on any atom is -0.368 e. The van der Waals surface area contributed by atoms with Crippen LogP contribution in [0, 0.1) is 5.82 Å². The maximum absolute atomic E-state index is 13.1. The highest BCUT2D eigenvalue weighted by atomic mass is 32.2. The van der Waals surface area contributed by atoms with Crippen molar-refractivity contribution in [3.8, 4) is 0 Å². The Hall–Kier alpha value is -2.61. The van der Waals surface area contributed by atoms with Gasteiger partial charge < -0.3 is 9.80 Å². The lowest BCUT2D eigenvalue weighted by molar-refractivity contribution is -0.129. The van der Waals surface area contributed by atoms with E-state index < -0.39 is 10.0 Å². The van der Waals surface area contributed by atoms with E-state index in [1.165, 1.54) is 12.1 Å². The summed E-state index contributed by atoms with van der Waals surface area (Å²) in [5, 5.41) is 0. The average Bonchev–Trinajstić information content (AvgIpc) is 2.72. The number of nitrogens with zero attached hydrogens (tertiary/aromatic N) is 3. The third-order valence-corrected chi connectivity index (χ3v) is 6.28. The smallest absolute Gasteiger partial charge is 0.243 e. The summed E-state index contributed by atoms with van der Waals surface area (Å²) in [4.78, 5) is 16.6. The molecule has 0 unspecified atom stereocenters. The second kappa shape index (κ2) is 8.82. The fourth-order valence-corrected chi connectivity index (χ4v) is 4.24. The van der Waals surface area contributed by atoms with Crippen molar-refractivity contribution in [2.45, 2.75) is 13.3 Å². The molecule has 1 aliphatic rings. The van der Waals surface area contributed by atoms with Gasteiger partial charge in [0.05, 0.1) is 11.9 Å². The molecule has 2 aromatic rings. The summed E-state index contributed by atoms with van der Waals surface area (Å²) in [6.07, 6.45) is 1.97. The van der Waals surface area contributed by atoms with Crippen molar-refractivity contribution >= 4 is 27.3 Å². The van der Waals surface area contributed by atoms with Crippen LogP contribution in [0.1, 0.15) is 12.5 Å². The molecule has 1 saturated heterocycles. The van der Waals surface area contributed by atoms with E-state index in [0.29, 0.717) is 31.9 Å². The van der Waals surface area contributed by atoms with Crippen molar-refractivity contribution in [2.75, 3.05) is 48.2 Å². The number of carbonyl (C=O) groups is 1. The van der Waals surface area contributed by atoms with E-state index in [1.54, 1.807) is 29.2 Å². The molecule has 8 heteroatoms. The molecule has 6 nitrogen and oxygen atoms in total. The van der Waals surface area contributed by atoms with Crippen molar-refractivity contribution in [1.82, 2.24) is 4.90 Å². The quantitative estimate of drug-likeness (QED) is 0.722. The summed E-state index contributed by atoms with van der Waals surface area (Å²) in [6, 6.07) is 13.5. The number of aryl methyl sites for hydroxylation is 1. The van der Waals surface area contributed by atoms with E-state index in [1.807, 2.05) is 19.1 Å². The Bertz CT molecular complexity index is 938. The summed E-state index contributed by atoms with van der Waals surface area (Å²) in [5.41, 5.74) is 2.50. The highest BCUT2D eigenvalue weighted by molar-refractivity contribution is 7.92. The number of hydrogen-bond donors (Lipinski definition) is 0. The number of anilines is 2. The van der Waals surface area contributed by atoms with E-state index in [9.17, 15) is 17.6 Å². The van der Waals surface area contributed by atoms with Gasteiger partial charge in [-0.2, -0.15) is 0 Å². The third kappa shape index (κ3) is 5.26. The molecule has 0 radical (unpaired) electrons. The van der Waals surface area contributed by atoms with Crippen LogP contribution in [0.4, 0.5) is 15.8 Å². The van der Waals surface area contributed by atoms with Crippen LogP contribution in [0.2, 0.25) is 0 Å². The summed E-state index contributed by atoms with van der Waals surface area (Å²) in [7, 11) is -3.59. The largest absolute Gasteiger partial charge is 0.368 e. The Kier molecular flexibility index (Phi) is 6.42. The van der Waals surface area contributed by atoms with Crippen molar-refractivity contribution in [1.29, 1.82) is 0 Å². The van der Waals surface area contributed by atoms with Crippen LogP contribution in [-0.2, 0) is 21.2 Å². The van der Waals surface area contributed by atoms with Crippen LogP contribution in [0.5, 0.6) is 0 Å². The average molecular weight is 420 g/mol. The molecule has 0 saturated carbocycles. The number of halogens is 1. The number of amides is 1. The van der Waals surface area contributed by atoms with Crippen molar-refractivity contribution < 1.29 is 17.6 Å². The number of piperazine rings is 1. The molecule has 156 valence electrons. The zero-order valence-corrected chi connectivity index (χ0v) is 17.5. The van der Waals surface area contributed by atoms with Crippen LogP contribution in [0.25, 0.3) is 0 Å². The molecule has 1 heterocycles. The summed E-state index contributed by atoms with van der Waals surface area (Å²) in [6.45, 7) is 4.01. The zero-order chi connectivity index (χ0) is 21.0. The third-order valence-electron chi connectivity index (χ3n) is 5.14. The van der Waals surface area contributed by atoms with Crippen LogP contribution in [-0.4, -0.2) is 58.2 Å². The minimum absolute atomic E-state index is 0.221. The Morgan fingerprint density at radius 1 is 1.00 bits per heavy atom. The maximum atomic E-state index is 13.1. The minimum atomic E-state index is -3.59. The number of carbonyl (C=O) groups excluding carboxylic acids is 1. The predicted octanol–water partition coefficient (Wildman–Crippen LogP) is 2.50. The number of benzene rings is 2. The lowest BCUT2D eigenvalue weighted by Crippen LogP contribution is -2.52. The maximum Gasteiger partial charge on any atom is 0.243 e. The summed E-state index contributed by atoms with van der Waals surface area (Å²) in [5.74, 6) is -0.510. The molecule has 0 aliphatic carbocycles. The Labute approximate surface area is 171 Å². The van der Waals surface area contributed by atoms with E-state index in [4.69, 9.17) is 0 Å². The summed E-state index contributed by atoms with van der Waals surface area (Å²) < 4.78 is 38.8. The number of rotatable bonds is 6. The highest BCUT2D eigenvalue weighted by Gasteiger charge is 2.26. The SMILES string of the molecule is CCc1ccc(N(CC(=O)N2CCN(c3ccc(F)cc3)CC2)S(C)(=O)=O)cc1. The molecular weight excluding hydrogens is 393 g/mol. The Balaban J connectivity index is 1.65. The first-order valence-corrected chi connectivity index (χ1v) is 11.5. The fraction of sp³-hybridized carbons (Fsp3) is 0.381. The second-order valence-corrected chi connectivity index (χ2v) is 9.04. The van der Waals surface area contributed by atoms with Gasteiger partial charge in [-0.3, -0.25) is 9.10 Å². The van der Waals surface area contributed by atoms with Gasteiger partial charge in [-0.25, -0.2) is 12.8 Å². The molecule has 3 rings (SSSR count). The van der Waals surface area contributed by atoms with E-state index in [2.05, 4.69) is 4.90 Å². The highest BCUT2D eigenvalue weighted by Crippen LogP contribution is 2.20. The molecule has 0 bridgehead atoms. The fourth-order valence-electron chi connectivity index (χ4n) is 3.39. The molecule has 1 fully saturated rings. The monoisotopic (exact) mass is 419 g/mol. The second-order valence-electron chi connectivity index (χ2n) is 7.13. The van der Waals surface area contributed by atoms with Gasteiger partial charge in [0.1, 0.15) is 12.4 Å². The lowest BCUT2D eigenvalue weighted by Gasteiger charge is -2.37. The number of sulfonamides is 1. The van der Waals surface area contributed by atoms with Crippen LogP contribution in [0.3, 0.4) is 0 Å². The van der Waals surface area contributed by atoms with Gasteiger partial charge in [0.15, 0.2) is 0 Å². The standard InChI is InChI=1S/C21H26FN3O3S/c1-3-17-4-8-20(9-5-17)25(29(2,27)28)16-21(26)24-14-12-23(13-15-24)19-10-6-18(22)7-11-19/h4-11H,3,12-16H2,1-2H3. The first-order chi connectivity index (χ1) is 13.8. The Morgan fingerprint density at radius 3 is 2.10 bits per heavy atom. The molecule has 1 aliphatic heterocycles. The molecule has 0 aromatic heterocycles. The van der Waals surface area contributed by atoms with Gasteiger partial charge in [-0.15, -0.1) is 0 Å². The zero-order valence-electron chi connectivity index (χ0n) is 16.7. The van der Waals surface area contributed by atoms with Gasteiger partial charge in [-0.05, 0) is 48.4 Å². The molecule has 29 heavy (non-hydrogen) atoms. The molecule has 0 N–H and O–H groups in total. The van der Waals surface area contributed by atoms with Crippen LogP contribution < -0.4 is 9.21 Å². The predicted molar refractivity (Wildman–Crippen MR) is 113 cm³/mol. The molecule has 1 amide bonds. The van der Waals surface area contributed by atoms with Crippen LogP contribution >= 0.6 is 0 Å². The lowest BCUT2D eigenvalue weighted by atomic mass is 10.1. The van der Waals surface area contributed by atoms with Crippen molar-refractivity contribution in [3.63, 3.8) is 0 Å². The molecule has 0 atom stereocenters. The normalized spacial score (nSPS) is 14.7. The first kappa shape index (κ1) is 21.1. The topological polar surface area (TPSA) is 60.9 Å². The van der Waals surface area contributed by atoms with Gasteiger partial charge in [0, 0.05) is 31.9 Å². The van der Waals surface area contributed by atoms with Gasteiger partial charge in [-0.1, -0.05) is 19.1 Å². The van der Waals surface area contributed by atoms with E-state index >= 15 is 0 Å². The van der Waals surface area contributed by atoms with Crippen molar-refractivity contribution in [2.24, 2.45) is 0 Å². The van der Waals surface area contributed by atoms with E-state index in [-0.39, 0.29) is 18.3 Å². The molecule has 0 spiro atoms. The van der Waals surface area contributed by atoms with E-state index in [0.717, 1.165) is 28.2 Å². The van der Waals surface area contributed by atoms with Gasteiger partial charge in [0.2, 0.25) is 15.9 Å². The summed E-state index contributed by atoms with van der Waals surface area (Å²) >= 11 is 0.